The number of alkyl halides is 2. The molecule has 1 unspecified atom stereocenters. The SMILES string of the molecule is N#COC1=NC(Cl)(Cl)C(N)=NC1(N)N(c1ccc(Cl)cc1)c1nccnc1C(=O)N=CNNC=O. The van der Waals surface area contributed by atoms with Crippen molar-refractivity contribution in [3.8, 4) is 6.26 Å². The van der Waals surface area contributed by atoms with E-state index in [4.69, 9.17) is 51.0 Å². The van der Waals surface area contributed by atoms with E-state index in [1.54, 1.807) is 0 Å². The Bertz CT molecular complexity index is 1260. The van der Waals surface area contributed by atoms with Gasteiger partial charge in [-0.2, -0.15) is 4.99 Å². The number of amides is 2. The van der Waals surface area contributed by atoms with Gasteiger partial charge in [-0.15, -0.1) is 5.26 Å². The molecule has 0 aliphatic carbocycles. The normalized spacial score (nSPS) is 18.6. The summed E-state index contributed by atoms with van der Waals surface area (Å²) in [4.78, 5) is 44.3. The van der Waals surface area contributed by atoms with Crippen LogP contribution in [0.4, 0.5) is 11.5 Å². The van der Waals surface area contributed by atoms with Crippen molar-refractivity contribution in [3.63, 3.8) is 0 Å². The van der Waals surface area contributed by atoms with Crippen LogP contribution in [0.3, 0.4) is 0 Å². The summed E-state index contributed by atoms with van der Waals surface area (Å²) >= 11 is 18.2. The summed E-state index contributed by atoms with van der Waals surface area (Å²) in [6.45, 7) is 0. The molecule has 1 aromatic carbocycles. The van der Waals surface area contributed by atoms with E-state index in [0.29, 0.717) is 11.4 Å². The molecule has 17 heteroatoms. The number of hydrogen-bond acceptors (Lipinski definition) is 11. The fourth-order valence-electron chi connectivity index (χ4n) is 2.79. The van der Waals surface area contributed by atoms with Gasteiger partial charge in [0, 0.05) is 23.1 Å². The molecule has 2 aromatic rings. The van der Waals surface area contributed by atoms with Gasteiger partial charge in [-0.25, -0.2) is 20.0 Å². The standard InChI is InChI=1S/C18H14Cl3N11O3/c19-10-1-3-11(4-2-10)32(18(24)16(35-7-22)31-17(20,21)15(23)30-18)13-12(25-5-6-26-13)14(34)27-8-28-29-9-33/h1-6,8-9H,24H2,(H2,23,30)(H,29,33)(H,27,28,34). The molecule has 0 spiro atoms. The second-order valence-corrected chi connectivity index (χ2v) is 8.11. The Morgan fingerprint density at radius 2 is 1.89 bits per heavy atom. The van der Waals surface area contributed by atoms with Crippen LogP contribution in [-0.4, -0.2) is 50.6 Å². The number of nitrogens with two attached hydrogens (primary N) is 2. The van der Waals surface area contributed by atoms with Gasteiger partial charge in [0.2, 0.25) is 6.41 Å². The lowest BCUT2D eigenvalue weighted by Gasteiger charge is -2.40. The van der Waals surface area contributed by atoms with E-state index in [0.717, 1.165) is 11.2 Å². The molecule has 0 bridgehead atoms. The highest BCUT2D eigenvalue weighted by Gasteiger charge is 2.50. The fraction of sp³-hybridized carbons (Fsp3) is 0.111. The number of carbonyl (C=O) groups is 2. The third kappa shape index (κ3) is 5.39. The Labute approximate surface area is 212 Å². The first-order valence-corrected chi connectivity index (χ1v) is 10.3. The van der Waals surface area contributed by atoms with Gasteiger partial charge in [0.25, 0.3) is 22.4 Å². The Morgan fingerprint density at radius 3 is 2.54 bits per heavy atom. The molecule has 35 heavy (non-hydrogen) atoms. The summed E-state index contributed by atoms with van der Waals surface area (Å²) in [5.41, 5.74) is 16.8. The van der Waals surface area contributed by atoms with E-state index >= 15 is 0 Å². The number of aromatic nitrogens is 2. The monoisotopic (exact) mass is 537 g/mol. The van der Waals surface area contributed by atoms with Crippen molar-refractivity contribution < 1.29 is 14.3 Å². The largest absolute Gasteiger partial charge is 0.383 e. The van der Waals surface area contributed by atoms with Crippen molar-refractivity contribution >= 4 is 76.7 Å². The molecule has 0 fully saturated rings. The summed E-state index contributed by atoms with van der Waals surface area (Å²) < 4.78 is 2.85. The third-order valence-corrected chi connectivity index (χ3v) is 5.01. The number of anilines is 2. The summed E-state index contributed by atoms with van der Waals surface area (Å²) in [6, 6.07) is 6.06. The van der Waals surface area contributed by atoms with Crippen molar-refractivity contribution in [3.05, 3.63) is 47.4 Å². The zero-order valence-electron chi connectivity index (χ0n) is 17.3. The maximum absolute atomic E-state index is 12.8. The molecule has 2 amide bonds. The van der Waals surface area contributed by atoms with Gasteiger partial charge in [-0.1, -0.05) is 34.8 Å². The van der Waals surface area contributed by atoms with Gasteiger partial charge < -0.3 is 10.5 Å². The third-order valence-electron chi connectivity index (χ3n) is 4.21. The number of carbonyl (C=O) groups excluding carboxylic acids is 2. The number of rotatable bonds is 7. The number of nitrogens with one attached hydrogen (secondary N) is 2. The van der Waals surface area contributed by atoms with Gasteiger partial charge in [0.1, 0.15) is 6.34 Å². The van der Waals surface area contributed by atoms with Crippen molar-refractivity contribution in [2.24, 2.45) is 26.4 Å². The average molecular weight is 539 g/mol. The number of benzene rings is 1. The first-order valence-electron chi connectivity index (χ1n) is 9.21. The molecule has 1 aliphatic heterocycles. The van der Waals surface area contributed by atoms with E-state index < -0.39 is 27.9 Å². The van der Waals surface area contributed by atoms with E-state index in [-0.39, 0.29) is 17.2 Å². The number of hydrogen-bond donors (Lipinski definition) is 4. The van der Waals surface area contributed by atoms with Gasteiger partial charge in [-0.3, -0.25) is 31.1 Å². The predicted octanol–water partition coefficient (Wildman–Crippen LogP) is 0.698. The molecule has 180 valence electrons. The number of hydrazine groups is 1. The first-order chi connectivity index (χ1) is 16.6. The van der Waals surface area contributed by atoms with Crippen LogP contribution < -0.4 is 27.2 Å². The van der Waals surface area contributed by atoms with Gasteiger partial charge in [-0.05, 0) is 24.3 Å². The number of aliphatic imine (C=N–C) groups is 3. The minimum absolute atomic E-state index is 0.190. The quantitative estimate of drug-likeness (QED) is 0.0446. The minimum atomic E-state index is -2.23. The lowest BCUT2D eigenvalue weighted by molar-refractivity contribution is -0.110. The maximum atomic E-state index is 12.8. The van der Waals surface area contributed by atoms with E-state index in [1.807, 2.05) is 0 Å². The average Bonchev–Trinajstić information content (AvgIpc) is 2.82. The van der Waals surface area contributed by atoms with Crippen LogP contribution >= 0.6 is 34.8 Å². The topological polar surface area (TPSA) is 209 Å². The van der Waals surface area contributed by atoms with Crippen LogP contribution in [0.15, 0.2) is 51.6 Å². The van der Waals surface area contributed by atoms with Crippen molar-refractivity contribution in [1.82, 2.24) is 20.8 Å². The van der Waals surface area contributed by atoms with Crippen LogP contribution in [0.5, 0.6) is 0 Å². The van der Waals surface area contributed by atoms with Crippen molar-refractivity contribution in [1.29, 1.82) is 5.26 Å². The van der Waals surface area contributed by atoms with E-state index in [1.165, 1.54) is 42.9 Å². The van der Waals surface area contributed by atoms with Crippen LogP contribution in [0.1, 0.15) is 10.5 Å². The number of nitrogens with zero attached hydrogens (tertiary/aromatic N) is 7. The number of nitriles is 1. The summed E-state index contributed by atoms with van der Waals surface area (Å²) in [5, 5.41) is 9.56. The Balaban J connectivity index is 2.25. The van der Waals surface area contributed by atoms with Crippen molar-refractivity contribution in [2.75, 3.05) is 4.90 Å². The van der Waals surface area contributed by atoms with Gasteiger partial charge in [0.05, 0.1) is 0 Å². The zero-order chi connectivity index (χ0) is 25.6. The van der Waals surface area contributed by atoms with E-state index in [9.17, 15) is 14.9 Å². The summed E-state index contributed by atoms with van der Waals surface area (Å²) in [7, 11) is 0. The molecule has 14 nitrogen and oxygen atoms in total. The van der Waals surface area contributed by atoms with E-state index in [2.05, 4.69) is 35.8 Å². The van der Waals surface area contributed by atoms with Gasteiger partial charge >= 0.3 is 5.91 Å². The van der Waals surface area contributed by atoms with Crippen molar-refractivity contribution in [2.45, 2.75) is 10.2 Å². The highest BCUT2D eigenvalue weighted by molar-refractivity contribution is 6.59. The van der Waals surface area contributed by atoms with Crippen LogP contribution in [0.25, 0.3) is 0 Å². The zero-order valence-corrected chi connectivity index (χ0v) is 19.5. The molecule has 0 saturated carbocycles. The number of amidine groups is 1. The lowest BCUT2D eigenvalue weighted by atomic mass is 10.1. The van der Waals surface area contributed by atoms with Crippen LogP contribution in [0.2, 0.25) is 5.02 Å². The second kappa shape index (κ2) is 10.5. The number of halogens is 3. The maximum Gasteiger partial charge on any atom is 0.300 e. The lowest BCUT2D eigenvalue weighted by Crippen LogP contribution is -2.64. The molecular weight excluding hydrogens is 525 g/mol. The van der Waals surface area contributed by atoms with Crippen LogP contribution in [-0.2, 0) is 9.53 Å². The Morgan fingerprint density at radius 1 is 1.20 bits per heavy atom. The first kappa shape index (κ1) is 25.6. The summed E-state index contributed by atoms with van der Waals surface area (Å²) in [6.07, 6.45) is 5.18. The highest BCUT2D eigenvalue weighted by atomic mass is 35.5. The summed E-state index contributed by atoms with van der Waals surface area (Å²) in [5.74, 6) is -4.32. The molecule has 0 saturated heterocycles. The molecular formula is C18H14Cl3N11O3. The number of ether oxygens (including phenoxy) is 1. The Kier molecular flexibility index (Phi) is 7.67. The molecule has 2 heterocycles. The second-order valence-electron chi connectivity index (χ2n) is 6.38. The smallest absolute Gasteiger partial charge is 0.300 e. The predicted molar refractivity (Wildman–Crippen MR) is 128 cm³/mol. The molecule has 6 N–H and O–H groups in total. The fourth-order valence-corrected chi connectivity index (χ4v) is 3.16. The molecule has 0 radical (unpaired) electrons. The minimum Gasteiger partial charge on any atom is -0.383 e. The van der Waals surface area contributed by atoms with Crippen LogP contribution in [0, 0.1) is 11.5 Å². The van der Waals surface area contributed by atoms with Gasteiger partial charge in [0.15, 0.2) is 17.3 Å². The Hall–Kier alpha value is -4.03. The highest BCUT2D eigenvalue weighted by Crippen LogP contribution is 2.38. The molecule has 3 rings (SSSR count). The molecule has 1 aromatic heterocycles. The molecule has 1 atom stereocenters. The molecule has 1 aliphatic rings.